The van der Waals surface area contributed by atoms with Gasteiger partial charge in [-0.05, 0) is 0 Å². The van der Waals surface area contributed by atoms with Gasteiger partial charge in [-0.15, -0.1) is 0 Å². The van der Waals surface area contributed by atoms with Crippen LogP contribution < -0.4 is 0 Å². The molecule has 1 aliphatic heterocycles. The average Bonchev–Trinajstić information content (AvgIpc) is 1.79. The second-order valence-corrected chi connectivity index (χ2v) is 5.31. The lowest BCUT2D eigenvalue weighted by Crippen LogP contribution is -1.94. The van der Waals surface area contributed by atoms with Gasteiger partial charge < -0.3 is 4.52 Å². The minimum Gasteiger partial charge on any atom is -0.412 e. The molecule has 0 amide bonds. The highest BCUT2D eigenvalue weighted by Gasteiger charge is 2.37. The van der Waals surface area contributed by atoms with Gasteiger partial charge in [0.25, 0.3) is 7.37 Å². The standard InChI is InChI=1S/C5H9O3P/c1-4-3-5(6)8-9(4,2)7/h4H,3H2,1-2H3. The van der Waals surface area contributed by atoms with E-state index in [0.717, 1.165) is 0 Å². The maximum atomic E-state index is 11.1. The Balaban J connectivity index is 2.82. The van der Waals surface area contributed by atoms with Gasteiger partial charge in [-0.3, -0.25) is 9.36 Å². The fourth-order valence-electron chi connectivity index (χ4n) is 0.736. The minimum atomic E-state index is -2.54. The molecule has 52 valence electrons. The van der Waals surface area contributed by atoms with Gasteiger partial charge in [0.15, 0.2) is 0 Å². The monoisotopic (exact) mass is 148 g/mol. The summed E-state index contributed by atoms with van der Waals surface area (Å²) in [6, 6.07) is 0. The third kappa shape index (κ3) is 1.16. The number of hydrogen-bond donors (Lipinski definition) is 0. The molecule has 0 aromatic heterocycles. The maximum Gasteiger partial charge on any atom is 0.311 e. The summed E-state index contributed by atoms with van der Waals surface area (Å²) < 4.78 is 15.7. The smallest absolute Gasteiger partial charge is 0.311 e. The summed E-state index contributed by atoms with van der Waals surface area (Å²) in [5.41, 5.74) is -0.0787. The first kappa shape index (κ1) is 6.81. The molecule has 1 aliphatic rings. The summed E-state index contributed by atoms with van der Waals surface area (Å²) in [7, 11) is -2.54. The Hall–Kier alpha value is -0.300. The zero-order valence-corrected chi connectivity index (χ0v) is 6.35. The van der Waals surface area contributed by atoms with Crippen LogP contribution >= 0.6 is 7.37 Å². The predicted octanol–water partition coefficient (Wildman–Crippen LogP) is 1.23. The summed E-state index contributed by atoms with van der Waals surface area (Å²) >= 11 is 0. The van der Waals surface area contributed by atoms with Gasteiger partial charge in [0.1, 0.15) is 0 Å². The lowest BCUT2D eigenvalue weighted by molar-refractivity contribution is -0.132. The van der Waals surface area contributed by atoms with Crippen molar-refractivity contribution in [2.45, 2.75) is 19.0 Å². The Morgan fingerprint density at radius 1 is 1.78 bits per heavy atom. The van der Waals surface area contributed by atoms with Gasteiger partial charge in [0.05, 0.1) is 12.1 Å². The lowest BCUT2D eigenvalue weighted by atomic mass is 10.3. The fourth-order valence-corrected chi connectivity index (χ4v) is 1.88. The van der Waals surface area contributed by atoms with E-state index in [0.29, 0.717) is 6.42 Å². The van der Waals surface area contributed by atoms with Crippen molar-refractivity contribution in [3.8, 4) is 0 Å². The van der Waals surface area contributed by atoms with Crippen LogP contribution in [0.15, 0.2) is 0 Å². The molecule has 1 rings (SSSR count). The second kappa shape index (κ2) is 1.84. The first-order valence-electron chi connectivity index (χ1n) is 2.82. The minimum absolute atomic E-state index is 0.0787. The Bertz CT molecular complexity index is 187. The highest BCUT2D eigenvalue weighted by Crippen LogP contribution is 2.54. The van der Waals surface area contributed by atoms with Crippen molar-refractivity contribution in [3.05, 3.63) is 0 Å². The second-order valence-electron chi connectivity index (χ2n) is 2.43. The van der Waals surface area contributed by atoms with Crippen molar-refractivity contribution in [2.24, 2.45) is 0 Å². The van der Waals surface area contributed by atoms with Crippen molar-refractivity contribution in [1.29, 1.82) is 0 Å². The molecule has 0 aliphatic carbocycles. The fraction of sp³-hybridized carbons (Fsp3) is 0.800. The molecule has 2 unspecified atom stereocenters. The van der Waals surface area contributed by atoms with Crippen LogP contribution in [0, 0.1) is 0 Å². The van der Waals surface area contributed by atoms with Crippen molar-refractivity contribution in [2.75, 3.05) is 6.66 Å². The molecule has 1 heterocycles. The van der Waals surface area contributed by atoms with E-state index >= 15 is 0 Å². The van der Waals surface area contributed by atoms with Gasteiger partial charge in [-0.25, -0.2) is 0 Å². The topological polar surface area (TPSA) is 43.4 Å². The van der Waals surface area contributed by atoms with Crippen LogP contribution in [0.4, 0.5) is 0 Å². The average molecular weight is 148 g/mol. The molecule has 0 radical (unpaired) electrons. The van der Waals surface area contributed by atoms with E-state index in [1.807, 2.05) is 0 Å². The summed E-state index contributed by atoms with van der Waals surface area (Å²) in [6.45, 7) is 3.27. The van der Waals surface area contributed by atoms with Crippen LogP contribution in [0.3, 0.4) is 0 Å². The van der Waals surface area contributed by atoms with E-state index in [1.54, 1.807) is 6.92 Å². The molecule has 3 nitrogen and oxygen atoms in total. The van der Waals surface area contributed by atoms with Crippen LogP contribution in [-0.2, 0) is 13.9 Å². The molecule has 0 bridgehead atoms. The Kier molecular flexibility index (Phi) is 1.39. The summed E-state index contributed by atoms with van der Waals surface area (Å²) in [4.78, 5) is 10.5. The first-order valence-corrected chi connectivity index (χ1v) is 4.96. The Morgan fingerprint density at radius 2 is 2.33 bits per heavy atom. The molecule has 0 spiro atoms. The van der Waals surface area contributed by atoms with E-state index in [4.69, 9.17) is 0 Å². The molecule has 0 saturated carbocycles. The molecule has 4 heteroatoms. The van der Waals surface area contributed by atoms with E-state index in [2.05, 4.69) is 4.52 Å². The van der Waals surface area contributed by atoms with E-state index in [1.165, 1.54) is 6.66 Å². The molecule has 1 fully saturated rings. The quantitative estimate of drug-likeness (QED) is 0.485. The largest absolute Gasteiger partial charge is 0.412 e. The molecule has 9 heavy (non-hydrogen) atoms. The van der Waals surface area contributed by atoms with Gasteiger partial charge in [-0.2, -0.15) is 0 Å². The van der Waals surface area contributed by atoms with Gasteiger partial charge >= 0.3 is 5.97 Å². The number of rotatable bonds is 0. The molecule has 0 aromatic carbocycles. The zero-order valence-electron chi connectivity index (χ0n) is 5.46. The van der Waals surface area contributed by atoms with Crippen LogP contribution in [0.25, 0.3) is 0 Å². The van der Waals surface area contributed by atoms with Crippen molar-refractivity contribution in [3.63, 3.8) is 0 Å². The van der Waals surface area contributed by atoms with E-state index < -0.39 is 7.37 Å². The van der Waals surface area contributed by atoms with Crippen LogP contribution in [0.1, 0.15) is 13.3 Å². The van der Waals surface area contributed by atoms with Crippen molar-refractivity contribution >= 4 is 13.3 Å². The maximum absolute atomic E-state index is 11.1. The third-order valence-corrected chi connectivity index (χ3v) is 3.90. The summed E-state index contributed by atoms with van der Waals surface area (Å²) in [5.74, 6) is -0.326. The molecular weight excluding hydrogens is 139 g/mol. The Morgan fingerprint density at radius 3 is 2.44 bits per heavy atom. The van der Waals surface area contributed by atoms with Gasteiger partial charge in [0.2, 0.25) is 0 Å². The highest BCUT2D eigenvalue weighted by molar-refractivity contribution is 7.60. The number of carbonyl (C=O) groups excluding carboxylic acids is 1. The SMILES string of the molecule is CC1CC(=O)OP1(C)=O. The van der Waals surface area contributed by atoms with Crippen molar-refractivity contribution < 1.29 is 13.9 Å². The third-order valence-electron chi connectivity index (χ3n) is 1.55. The summed E-state index contributed by atoms with van der Waals surface area (Å²) in [6.07, 6.45) is 0.313. The molecular formula is C5H9O3P. The zero-order chi connectivity index (χ0) is 7.07. The van der Waals surface area contributed by atoms with Crippen molar-refractivity contribution in [1.82, 2.24) is 0 Å². The van der Waals surface area contributed by atoms with Crippen LogP contribution in [0.2, 0.25) is 0 Å². The molecule has 0 aromatic rings. The predicted molar refractivity (Wildman–Crippen MR) is 33.7 cm³/mol. The molecule has 2 atom stereocenters. The van der Waals surface area contributed by atoms with E-state index in [-0.39, 0.29) is 11.6 Å². The Labute approximate surface area is 53.8 Å². The number of hydrogen-bond acceptors (Lipinski definition) is 3. The van der Waals surface area contributed by atoms with E-state index in [9.17, 15) is 9.36 Å². The first-order chi connectivity index (χ1) is 4.02. The highest BCUT2D eigenvalue weighted by atomic mass is 31.2. The lowest BCUT2D eigenvalue weighted by Gasteiger charge is -2.05. The van der Waals surface area contributed by atoms with Crippen LogP contribution in [-0.4, -0.2) is 18.3 Å². The number of carbonyl (C=O) groups is 1. The molecule has 0 N–H and O–H groups in total. The normalized spacial score (nSPS) is 42.9. The van der Waals surface area contributed by atoms with Gasteiger partial charge in [0, 0.05) is 6.66 Å². The molecule has 1 saturated heterocycles. The van der Waals surface area contributed by atoms with Crippen LogP contribution in [0.5, 0.6) is 0 Å². The summed E-state index contributed by atoms with van der Waals surface area (Å²) in [5, 5.41) is 0. The van der Waals surface area contributed by atoms with Gasteiger partial charge in [-0.1, -0.05) is 6.92 Å².